The predicted molar refractivity (Wildman–Crippen MR) is 137 cm³/mol. The number of methoxy groups -OCH3 is 1. The van der Waals surface area contributed by atoms with Gasteiger partial charge in [-0.15, -0.1) is 0 Å². The molecular formula is C27H24Cl2N2O3. The SMILES string of the molecule is COc1cc(/C=C(\C#N)C(=O)Nc2cccc(Cl)c2C)cc(Cl)c1OCc1cc(C)cc(C)c1. The summed E-state index contributed by atoms with van der Waals surface area (Å²) in [5.41, 5.74) is 4.98. The van der Waals surface area contributed by atoms with Crippen molar-refractivity contribution in [3.8, 4) is 17.6 Å². The third-order valence-electron chi connectivity index (χ3n) is 5.11. The van der Waals surface area contributed by atoms with Gasteiger partial charge in [-0.05, 0) is 67.8 Å². The molecule has 34 heavy (non-hydrogen) atoms. The molecule has 0 heterocycles. The number of benzene rings is 3. The van der Waals surface area contributed by atoms with Crippen molar-refractivity contribution in [3.05, 3.63) is 92.0 Å². The van der Waals surface area contributed by atoms with E-state index in [4.69, 9.17) is 32.7 Å². The van der Waals surface area contributed by atoms with Gasteiger partial charge in [0.2, 0.25) is 0 Å². The second-order valence-electron chi connectivity index (χ2n) is 7.86. The summed E-state index contributed by atoms with van der Waals surface area (Å²) >= 11 is 12.6. The van der Waals surface area contributed by atoms with Gasteiger partial charge in [0, 0.05) is 10.7 Å². The summed E-state index contributed by atoms with van der Waals surface area (Å²) in [7, 11) is 1.50. The van der Waals surface area contributed by atoms with Gasteiger partial charge in [0.25, 0.3) is 5.91 Å². The Kier molecular flexibility index (Phi) is 8.22. The van der Waals surface area contributed by atoms with Gasteiger partial charge in [-0.1, -0.05) is 58.6 Å². The summed E-state index contributed by atoms with van der Waals surface area (Å²) < 4.78 is 11.4. The Morgan fingerprint density at radius 1 is 1.06 bits per heavy atom. The summed E-state index contributed by atoms with van der Waals surface area (Å²) in [5.74, 6) is 0.225. The number of aryl methyl sites for hydroxylation is 2. The maximum absolute atomic E-state index is 12.7. The molecule has 0 radical (unpaired) electrons. The van der Waals surface area contributed by atoms with Crippen LogP contribution in [0.3, 0.4) is 0 Å². The molecule has 0 aliphatic rings. The zero-order chi connectivity index (χ0) is 24.8. The van der Waals surface area contributed by atoms with E-state index >= 15 is 0 Å². The molecule has 1 amide bonds. The fourth-order valence-corrected chi connectivity index (χ4v) is 3.97. The molecule has 1 N–H and O–H groups in total. The number of carbonyl (C=O) groups is 1. The highest BCUT2D eigenvalue weighted by molar-refractivity contribution is 6.32. The Bertz CT molecular complexity index is 1290. The monoisotopic (exact) mass is 494 g/mol. The summed E-state index contributed by atoms with van der Waals surface area (Å²) in [4.78, 5) is 12.7. The van der Waals surface area contributed by atoms with Gasteiger partial charge in [-0.25, -0.2) is 0 Å². The average Bonchev–Trinajstić information content (AvgIpc) is 2.78. The van der Waals surface area contributed by atoms with Gasteiger partial charge in [-0.2, -0.15) is 5.26 Å². The van der Waals surface area contributed by atoms with Crippen molar-refractivity contribution in [1.82, 2.24) is 0 Å². The molecule has 0 aliphatic carbocycles. The number of ether oxygens (including phenoxy) is 2. The number of carbonyl (C=O) groups excluding carboxylic acids is 1. The second kappa shape index (κ2) is 11.1. The minimum absolute atomic E-state index is 0.0959. The molecule has 3 rings (SSSR count). The molecule has 0 fully saturated rings. The first kappa shape index (κ1) is 25.2. The summed E-state index contributed by atoms with van der Waals surface area (Å²) in [6.45, 7) is 6.16. The van der Waals surface area contributed by atoms with E-state index < -0.39 is 5.91 Å². The van der Waals surface area contributed by atoms with Crippen LogP contribution in [-0.2, 0) is 11.4 Å². The first-order valence-electron chi connectivity index (χ1n) is 10.5. The van der Waals surface area contributed by atoms with E-state index in [0.29, 0.717) is 45.0 Å². The van der Waals surface area contributed by atoms with Crippen LogP contribution in [0, 0.1) is 32.1 Å². The molecule has 174 valence electrons. The summed E-state index contributed by atoms with van der Waals surface area (Å²) in [5, 5.41) is 13.1. The number of rotatable bonds is 7. The Morgan fingerprint density at radius 3 is 2.41 bits per heavy atom. The van der Waals surface area contributed by atoms with Gasteiger partial charge < -0.3 is 14.8 Å². The number of nitrogens with one attached hydrogen (secondary N) is 1. The van der Waals surface area contributed by atoms with Crippen LogP contribution in [0.5, 0.6) is 11.5 Å². The number of nitrogens with zero attached hydrogens (tertiary/aromatic N) is 1. The van der Waals surface area contributed by atoms with Crippen LogP contribution in [0.4, 0.5) is 5.69 Å². The van der Waals surface area contributed by atoms with E-state index in [9.17, 15) is 10.1 Å². The molecule has 0 saturated heterocycles. The minimum Gasteiger partial charge on any atom is -0.493 e. The van der Waals surface area contributed by atoms with E-state index in [1.807, 2.05) is 32.0 Å². The van der Waals surface area contributed by atoms with Crippen molar-refractivity contribution < 1.29 is 14.3 Å². The van der Waals surface area contributed by atoms with Crippen molar-refractivity contribution in [2.75, 3.05) is 12.4 Å². The molecule has 0 atom stereocenters. The van der Waals surface area contributed by atoms with Crippen LogP contribution in [0.15, 0.2) is 54.1 Å². The number of halogens is 2. The minimum atomic E-state index is -0.557. The quantitative estimate of drug-likeness (QED) is 0.282. The molecule has 0 aliphatic heterocycles. The highest BCUT2D eigenvalue weighted by atomic mass is 35.5. The molecule has 7 heteroatoms. The average molecular weight is 495 g/mol. The zero-order valence-electron chi connectivity index (χ0n) is 19.3. The van der Waals surface area contributed by atoms with Crippen LogP contribution < -0.4 is 14.8 Å². The van der Waals surface area contributed by atoms with Gasteiger partial charge >= 0.3 is 0 Å². The number of anilines is 1. The van der Waals surface area contributed by atoms with Crippen molar-refractivity contribution in [3.63, 3.8) is 0 Å². The van der Waals surface area contributed by atoms with E-state index in [1.165, 1.54) is 13.2 Å². The van der Waals surface area contributed by atoms with Crippen molar-refractivity contribution in [1.29, 1.82) is 5.26 Å². The van der Waals surface area contributed by atoms with Gasteiger partial charge in [0.05, 0.1) is 12.1 Å². The molecular weight excluding hydrogens is 471 g/mol. The lowest BCUT2D eigenvalue weighted by Gasteiger charge is -2.14. The van der Waals surface area contributed by atoms with E-state index in [-0.39, 0.29) is 5.57 Å². The largest absolute Gasteiger partial charge is 0.493 e. The number of amides is 1. The van der Waals surface area contributed by atoms with Crippen LogP contribution in [0.25, 0.3) is 6.08 Å². The molecule has 3 aromatic rings. The smallest absolute Gasteiger partial charge is 0.266 e. The molecule has 5 nitrogen and oxygen atoms in total. The maximum Gasteiger partial charge on any atom is 0.266 e. The molecule has 0 saturated carbocycles. The topological polar surface area (TPSA) is 71.3 Å². The number of hydrogen-bond acceptors (Lipinski definition) is 4. The Labute approximate surface area is 209 Å². The Balaban J connectivity index is 1.84. The lowest BCUT2D eigenvalue weighted by Crippen LogP contribution is -2.14. The molecule has 0 bridgehead atoms. The second-order valence-corrected chi connectivity index (χ2v) is 8.67. The predicted octanol–water partition coefficient (Wildman–Crippen LogP) is 7.05. The van der Waals surface area contributed by atoms with Crippen LogP contribution in [0.2, 0.25) is 10.0 Å². The van der Waals surface area contributed by atoms with Gasteiger partial charge in [-0.3, -0.25) is 4.79 Å². The highest BCUT2D eigenvalue weighted by Crippen LogP contribution is 2.37. The fraction of sp³-hybridized carbons (Fsp3) is 0.185. The van der Waals surface area contributed by atoms with E-state index in [0.717, 1.165) is 16.7 Å². The number of hydrogen-bond donors (Lipinski definition) is 1. The summed E-state index contributed by atoms with van der Waals surface area (Å²) in [6, 6.07) is 16.6. The highest BCUT2D eigenvalue weighted by Gasteiger charge is 2.15. The van der Waals surface area contributed by atoms with Crippen LogP contribution >= 0.6 is 23.2 Å². The molecule has 0 aromatic heterocycles. The molecule has 0 unspecified atom stereocenters. The first-order chi connectivity index (χ1) is 16.2. The Morgan fingerprint density at radius 2 is 1.76 bits per heavy atom. The standard InChI is InChI=1S/C27H24Cl2N2O3/c1-16-8-17(2)10-20(9-16)15-34-26-23(29)12-19(13-25(26)33-4)11-21(14-30)27(32)31-24-7-5-6-22(28)18(24)3/h5-13H,15H2,1-4H3,(H,31,32)/b21-11+. The van der Waals surface area contributed by atoms with Crippen LogP contribution in [-0.4, -0.2) is 13.0 Å². The van der Waals surface area contributed by atoms with Gasteiger partial charge in [0.1, 0.15) is 18.2 Å². The lowest BCUT2D eigenvalue weighted by molar-refractivity contribution is -0.112. The normalized spacial score (nSPS) is 11.0. The Hall–Kier alpha value is -3.46. The van der Waals surface area contributed by atoms with Crippen LogP contribution in [0.1, 0.15) is 27.8 Å². The van der Waals surface area contributed by atoms with E-state index in [2.05, 4.69) is 11.4 Å². The van der Waals surface area contributed by atoms with E-state index in [1.54, 1.807) is 37.3 Å². The third kappa shape index (κ3) is 6.11. The third-order valence-corrected chi connectivity index (χ3v) is 5.80. The van der Waals surface area contributed by atoms with Crippen molar-refractivity contribution in [2.45, 2.75) is 27.4 Å². The van der Waals surface area contributed by atoms with Crippen molar-refractivity contribution >= 4 is 40.9 Å². The summed E-state index contributed by atoms with van der Waals surface area (Å²) in [6.07, 6.45) is 1.44. The first-order valence-corrected chi connectivity index (χ1v) is 11.2. The molecule has 3 aromatic carbocycles. The van der Waals surface area contributed by atoms with Crippen molar-refractivity contribution in [2.24, 2.45) is 0 Å². The lowest BCUT2D eigenvalue weighted by atomic mass is 10.1. The number of nitriles is 1. The molecule has 0 spiro atoms. The maximum atomic E-state index is 12.7. The zero-order valence-corrected chi connectivity index (χ0v) is 20.8. The fourth-order valence-electron chi connectivity index (χ4n) is 3.52. The van der Waals surface area contributed by atoms with Gasteiger partial charge in [0.15, 0.2) is 11.5 Å².